The Labute approximate surface area is 157 Å². The summed E-state index contributed by atoms with van der Waals surface area (Å²) >= 11 is 5.88. The van der Waals surface area contributed by atoms with Gasteiger partial charge in [-0.1, -0.05) is 24.3 Å². The van der Waals surface area contributed by atoms with Crippen LogP contribution in [0.2, 0.25) is 5.02 Å². The van der Waals surface area contributed by atoms with Crippen LogP contribution in [0.25, 0.3) is 0 Å². The molecule has 2 aromatic carbocycles. The molecular weight excluding hydrogens is 352 g/mol. The average Bonchev–Trinajstić information content (AvgIpc) is 3.04. The van der Waals surface area contributed by atoms with Crippen molar-refractivity contribution in [3.8, 4) is 5.75 Å². The topological polar surface area (TPSA) is 58.6 Å². The van der Waals surface area contributed by atoms with Crippen LogP contribution >= 0.6 is 11.6 Å². The number of nitrogens with zero attached hydrogens (tertiary/aromatic N) is 1. The van der Waals surface area contributed by atoms with Gasteiger partial charge >= 0.3 is 0 Å². The van der Waals surface area contributed by atoms with Crippen LogP contribution < -0.4 is 15.0 Å². The summed E-state index contributed by atoms with van der Waals surface area (Å²) in [5.41, 5.74) is 1.41. The Balaban J connectivity index is 1.61. The fraction of sp³-hybridized carbons (Fsp3) is 0.200. The molecule has 5 nitrogen and oxygen atoms in total. The van der Waals surface area contributed by atoms with E-state index in [9.17, 15) is 9.59 Å². The fourth-order valence-electron chi connectivity index (χ4n) is 2.79. The standard InChI is InChI=1S/C20H19ClN2O3/c1-2-11-26-18-9-5-16(6-10-18)22-20(25)14-12-19(24)23(13-14)17-7-3-15(21)4-8-17/h2-10,14H,1,11-13H2,(H,22,25)/t14-/m1/s1. The highest BCUT2D eigenvalue weighted by Crippen LogP contribution is 2.27. The van der Waals surface area contributed by atoms with Gasteiger partial charge in [0.1, 0.15) is 12.4 Å². The molecule has 0 unspecified atom stereocenters. The maximum Gasteiger partial charge on any atom is 0.229 e. The van der Waals surface area contributed by atoms with Crippen molar-refractivity contribution in [2.75, 3.05) is 23.4 Å². The van der Waals surface area contributed by atoms with Crippen LogP contribution in [-0.2, 0) is 9.59 Å². The van der Waals surface area contributed by atoms with Gasteiger partial charge in [0, 0.05) is 29.4 Å². The van der Waals surface area contributed by atoms with Gasteiger partial charge in [-0.05, 0) is 48.5 Å². The van der Waals surface area contributed by atoms with E-state index in [1.165, 1.54) is 0 Å². The van der Waals surface area contributed by atoms with E-state index in [4.69, 9.17) is 16.3 Å². The van der Waals surface area contributed by atoms with Crippen molar-refractivity contribution in [3.05, 3.63) is 66.2 Å². The molecule has 0 spiro atoms. The number of carbonyl (C=O) groups is 2. The molecule has 1 aliphatic heterocycles. The quantitative estimate of drug-likeness (QED) is 0.784. The van der Waals surface area contributed by atoms with E-state index in [1.807, 2.05) is 0 Å². The van der Waals surface area contributed by atoms with Crippen LogP contribution in [0.15, 0.2) is 61.2 Å². The highest BCUT2D eigenvalue weighted by Gasteiger charge is 2.35. The summed E-state index contributed by atoms with van der Waals surface area (Å²) in [5, 5.41) is 3.46. The minimum absolute atomic E-state index is 0.0688. The number of hydrogen-bond donors (Lipinski definition) is 1. The van der Waals surface area contributed by atoms with Crippen LogP contribution in [0.1, 0.15) is 6.42 Å². The lowest BCUT2D eigenvalue weighted by Gasteiger charge is -2.16. The Morgan fingerprint density at radius 3 is 2.58 bits per heavy atom. The number of ether oxygens (including phenoxy) is 1. The maximum atomic E-state index is 12.5. The highest BCUT2D eigenvalue weighted by molar-refractivity contribution is 6.30. The van der Waals surface area contributed by atoms with Gasteiger partial charge in [-0.15, -0.1) is 0 Å². The SMILES string of the molecule is C=CCOc1ccc(NC(=O)[C@@H]2CC(=O)N(c3ccc(Cl)cc3)C2)cc1. The summed E-state index contributed by atoms with van der Waals surface area (Å²) in [6.07, 6.45) is 1.86. The van der Waals surface area contributed by atoms with Crippen molar-refractivity contribution in [3.63, 3.8) is 0 Å². The van der Waals surface area contributed by atoms with Crippen molar-refractivity contribution < 1.29 is 14.3 Å². The molecule has 3 rings (SSSR count). The Kier molecular flexibility index (Phi) is 5.58. The van der Waals surface area contributed by atoms with Gasteiger partial charge < -0.3 is 15.0 Å². The van der Waals surface area contributed by atoms with Crippen molar-refractivity contribution >= 4 is 34.8 Å². The summed E-state index contributed by atoms with van der Waals surface area (Å²) in [7, 11) is 0. The van der Waals surface area contributed by atoms with E-state index in [2.05, 4.69) is 11.9 Å². The number of amides is 2. The second-order valence-corrected chi connectivity index (χ2v) is 6.43. The largest absolute Gasteiger partial charge is 0.490 e. The second kappa shape index (κ2) is 8.06. The van der Waals surface area contributed by atoms with E-state index in [-0.39, 0.29) is 18.2 Å². The summed E-state index contributed by atoms with van der Waals surface area (Å²) in [6.45, 7) is 4.38. The van der Waals surface area contributed by atoms with Crippen molar-refractivity contribution in [1.82, 2.24) is 0 Å². The molecule has 2 aromatic rings. The maximum absolute atomic E-state index is 12.5. The summed E-state index contributed by atoms with van der Waals surface area (Å²) < 4.78 is 5.41. The number of rotatable bonds is 6. The third-order valence-corrected chi connectivity index (χ3v) is 4.38. The molecule has 1 fully saturated rings. The lowest BCUT2D eigenvalue weighted by atomic mass is 10.1. The molecule has 6 heteroatoms. The molecule has 2 amide bonds. The fourth-order valence-corrected chi connectivity index (χ4v) is 2.91. The van der Waals surface area contributed by atoms with Crippen LogP contribution in [-0.4, -0.2) is 25.0 Å². The molecular formula is C20H19ClN2O3. The average molecular weight is 371 g/mol. The number of anilines is 2. The molecule has 0 aliphatic carbocycles. The lowest BCUT2D eigenvalue weighted by molar-refractivity contribution is -0.122. The number of hydrogen-bond acceptors (Lipinski definition) is 3. The number of benzene rings is 2. The minimum atomic E-state index is -0.394. The van der Waals surface area contributed by atoms with E-state index >= 15 is 0 Å². The van der Waals surface area contributed by atoms with Gasteiger partial charge in [0.15, 0.2) is 0 Å². The Hall–Kier alpha value is -2.79. The predicted molar refractivity (Wildman–Crippen MR) is 103 cm³/mol. The van der Waals surface area contributed by atoms with Crippen molar-refractivity contribution in [2.45, 2.75) is 6.42 Å². The van der Waals surface area contributed by atoms with Crippen molar-refractivity contribution in [2.24, 2.45) is 5.92 Å². The normalized spacial score (nSPS) is 16.4. The molecule has 1 N–H and O–H groups in total. The van der Waals surface area contributed by atoms with Crippen LogP contribution in [0.5, 0.6) is 5.75 Å². The summed E-state index contributed by atoms with van der Waals surface area (Å²) in [4.78, 5) is 26.4. The Morgan fingerprint density at radius 1 is 1.23 bits per heavy atom. The zero-order valence-corrected chi connectivity index (χ0v) is 14.9. The van der Waals surface area contributed by atoms with E-state index in [1.54, 1.807) is 59.5 Å². The minimum Gasteiger partial charge on any atom is -0.490 e. The molecule has 1 saturated heterocycles. The third kappa shape index (κ3) is 4.24. The number of carbonyl (C=O) groups excluding carboxylic acids is 2. The zero-order valence-electron chi connectivity index (χ0n) is 14.2. The molecule has 134 valence electrons. The van der Waals surface area contributed by atoms with E-state index < -0.39 is 5.92 Å². The van der Waals surface area contributed by atoms with Crippen LogP contribution in [0.4, 0.5) is 11.4 Å². The molecule has 0 bridgehead atoms. The molecule has 0 radical (unpaired) electrons. The molecule has 0 aromatic heterocycles. The van der Waals surface area contributed by atoms with Crippen molar-refractivity contribution in [1.29, 1.82) is 0 Å². The van der Waals surface area contributed by atoms with E-state index in [0.29, 0.717) is 29.6 Å². The first-order chi connectivity index (χ1) is 12.6. The lowest BCUT2D eigenvalue weighted by Crippen LogP contribution is -2.28. The molecule has 0 saturated carbocycles. The first-order valence-corrected chi connectivity index (χ1v) is 8.65. The van der Waals surface area contributed by atoms with Crippen LogP contribution in [0.3, 0.4) is 0 Å². The molecule has 1 atom stereocenters. The van der Waals surface area contributed by atoms with Gasteiger partial charge in [0.05, 0.1) is 5.92 Å². The van der Waals surface area contributed by atoms with E-state index in [0.717, 1.165) is 5.69 Å². The Bertz CT molecular complexity index is 803. The van der Waals surface area contributed by atoms with Crippen LogP contribution in [0, 0.1) is 5.92 Å². The first kappa shape index (κ1) is 18.0. The molecule has 1 heterocycles. The third-order valence-electron chi connectivity index (χ3n) is 4.12. The summed E-state index contributed by atoms with van der Waals surface area (Å²) in [5.74, 6) is 0.0675. The monoisotopic (exact) mass is 370 g/mol. The highest BCUT2D eigenvalue weighted by atomic mass is 35.5. The van der Waals surface area contributed by atoms with Gasteiger partial charge in [0.25, 0.3) is 0 Å². The van der Waals surface area contributed by atoms with Gasteiger partial charge in [0.2, 0.25) is 11.8 Å². The predicted octanol–water partition coefficient (Wildman–Crippen LogP) is 3.90. The number of halogens is 1. The van der Waals surface area contributed by atoms with Gasteiger partial charge in [-0.3, -0.25) is 9.59 Å². The first-order valence-electron chi connectivity index (χ1n) is 8.27. The number of nitrogens with one attached hydrogen (secondary N) is 1. The Morgan fingerprint density at radius 2 is 1.92 bits per heavy atom. The molecule has 1 aliphatic rings. The second-order valence-electron chi connectivity index (χ2n) is 6.00. The molecule has 26 heavy (non-hydrogen) atoms. The summed E-state index contributed by atoms with van der Waals surface area (Å²) in [6, 6.07) is 14.1. The smallest absolute Gasteiger partial charge is 0.229 e. The van der Waals surface area contributed by atoms with Gasteiger partial charge in [-0.25, -0.2) is 0 Å². The van der Waals surface area contributed by atoms with Gasteiger partial charge in [-0.2, -0.15) is 0 Å². The zero-order chi connectivity index (χ0) is 18.5.